The molecule has 0 saturated heterocycles. The normalized spacial score (nSPS) is 11.1. The van der Waals surface area contributed by atoms with Crippen LogP contribution in [0, 0.1) is 5.82 Å². The Kier molecular flexibility index (Phi) is 2.53. The molecule has 2 rings (SSSR count). The van der Waals surface area contributed by atoms with Gasteiger partial charge in [0.2, 0.25) is 5.95 Å². The lowest BCUT2D eigenvalue weighted by molar-refractivity contribution is 0.628. The van der Waals surface area contributed by atoms with Crippen molar-refractivity contribution in [3.63, 3.8) is 0 Å². The van der Waals surface area contributed by atoms with Crippen LogP contribution in [0.3, 0.4) is 0 Å². The van der Waals surface area contributed by atoms with E-state index >= 15 is 0 Å². The van der Waals surface area contributed by atoms with Crippen LogP contribution in [0.2, 0.25) is 0 Å². The zero-order valence-corrected chi connectivity index (χ0v) is 8.13. The third-order valence-electron chi connectivity index (χ3n) is 1.90. The van der Waals surface area contributed by atoms with Crippen molar-refractivity contribution in [1.82, 2.24) is 9.55 Å². The summed E-state index contributed by atoms with van der Waals surface area (Å²) in [6.07, 6.45) is 3.35. The highest BCUT2D eigenvalue weighted by molar-refractivity contribution is 5.37. The Bertz CT molecular complexity index is 490. The maximum Gasteiger partial charge on any atom is 0.249 e. The van der Waals surface area contributed by atoms with Crippen LogP contribution in [0.4, 0.5) is 16.0 Å². The fourth-order valence-electron chi connectivity index (χ4n) is 1.09. The molecule has 5 heteroatoms. The van der Waals surface area contributed by atoms with Crippen LogP contribution in [-0.4, -0.2) is 9.55 Å². The maximum absolute atomic E-state index is 13.1. The molecule has 0 fully saturated rings. The van der Waals surface area contributed by atoms with Crippen LogP contribution in [0.1, 0.15) is 0 Å². The maximum atomic E-state index is 13.1. The Morgan fingerprint density at radius 2 is 2.07 bits per heavy atom. The number of aromatic nitrogens is 2. The number of rotatable bonds is 2. The summed E-state index contributed by atoms with van der Waals surface area (Å²) < 4.78 is 14.8. The minimum absolute atomic E-state index is 0.209. The number of hydrogen-bond donors (Lipinski definition) is 0. The molecule has 0 bridgehead atoms. The monoisotopic (exact) mass is 204 g/mol. The summed E-state index contributed by atoms with van der Waals surface area (Å²) in [7, 11) is 1.79. The Morgan fingerprint density at radius 3 is 2.73 bits per heavy atom. The molecule has 2 aromatic rings. The molecular weight excluding hydrogens is 195 g/mol. The van der Waals surface area contributed by atoms with E-state index in [1.54, 1.807) is 42.2 Å². The molecule has 0 aliphatic carbocycles. The van der Waals surface area contributed by atoms with Gasteiger partial charge in [0.1, 0.15) is 5.69 Å². The number of hydrogen-bond acceptors (Lipinski definition) is 3. The average Bonchev–Trinajstić information content (AvgIpc) is 2.63. The van der Waals surface area contributed by atoms with E-state index in [-0.39, 0.29) is 5.69 Å². The molecule has 0 atom stereocenters. The van der Waals surface area contributed by atoms with Crippen LogP contribution in [0.25, 0.3) is 0 Å². The van der Waals surface area contributed by atoms with E-state index in [0.29, 0.717) is 5.95 Å². The number of imidazole rings is 1. The van der Waals surface area contributed by atoms with Gasteiger partial charge in [0.15, 0.2) is 5.82 Å². The SMILES string of the molecule is Cn1ccnc1N=Nc1ccccc1F. The van der Waals surface area contributed by atoms with Gasteiger partial charge in [-0.25, -0.2) is 9.37 Å². The third-order valence-corrected chi connectivity index (χ3v) is 1.90. The first-order valence-corrected chi connectivity index (χ1v) is 4.41. The van der Waals surface area contributed by atoms with Crippen molar-refractivity contribution >= 4 is 11.6 Å². The average molecular weight is 204 g/mol. The number of azo groups is 1. The van der Waals surface area contributed by atoms with E-state index in [1.165, 1.54) is 6.07 Å². The minimum atomic E-state index is -0.393. The molecule has 1 aromatic carbocycles. The van der Waals surface area contributed by atoms with Gasteiger partial charge in [0.05, 0.1) is 0 Å². The standard InChI is InChI=1S/C10H9FN4/c1-15-7-6-12-10(15)14-13-9-5-3-2-4-8(9)11/h2-7H,1H3. The second kappa shape index (κ2) is 4.00. The number of halogens is 1. The Morgan fingerprint density at radius 1 is 1.27 bits per heavy atom. The molecule has 0 saturated carbocycles. The zero-order valence-electron chi connectivity index (χ0n) is 8.13. The van der Waals surface area contributed by atoms with Gasteiger partial charge in [-0.05, 0) is 12.1 Å². The summed E-state index contributed by atoms with van der Waals surface area (Å²) >= 11 is 0. The molecule has 0 radical (unpaired) electrons. The smallest absolute Gasteiger partial charge is 0.249 e. The highest BCUT2D eigenvalue weighted by atomic mass is 19.1. The predicted molar refractivity (Wildman–Crippen MR) is 53.8 cm³/mol. The van der Waals surface area contributed by atoms with Gasteiger partial charge in [0.25, 0.3) is 0 Å². The quantitative estimate of drug-likeness (QED) is 0.693. The molecule has 0 spiro atoms. The van der Waals surface area contributed by atoms with E-state index < -0.39 is 5.82 Å². The summed E-state index contributed by atoms with van der Waals surface area (Å²) in [6, 6.07) is 6.21. The van der Waals surface area contributed by atoms with Gasteiger partial charge in [-0.3, -0.25) is 0 Å². The Hall–Kier alpha value is -2.04. The molecule has 1 heterocycles. The largest absolute Gasteiger partial charge is 0.317 e. The molecule has 0 aliphatic heterocycles. The molecular formula is C10H9FN4. The first kappa shape index (κ1) is 9.51. The van der Waals surface area contributed by atoms with E-state index in [4.69, 9.17) is 0 Å². The molecule has 0 amide bonds. The van der Waals surface area contributed by atoms with Crippen molar-refractivity contribution in [3.05, 3.63) is 42.5 Å². The van der Waals surface area contributed by atoms with Crippen LogP contribution in [-0.2, 0) is 7.05 Å². The summed E-state index contributed by atoms with van der Waals surface area (Å²) in [4.78, 5) is 3.94. The molecule has 0 aliphatic rings. The van der Waals surface area contributed by atoms with E-state index in [2.05, 4.69) is 15.2 Å². The van der Waals surface area contributed by atoms with Gasteiger partial charge in [-0.15, -0.1) is 10.2 Å². The van der Waals surface area contributed by atoms with Crippen molar-refractivity contribution in [2.75, 3.05) is 0 Å². The van der Waals surface area contributed by atoms with Gasteiger partial charge in [-0.1, -0.05) is 12.1 Å². The lowest BCUT2D eigenvalue weighted by Crippen LogP contribution is -1.82. The van der Waals surface area contributed by atoms with E-state index in [9.17, 15) is 4.39 Å². The van der Waals surface area contributed by atoms with Crippen molar-refractivity contribution in [2.24, 2.45) is 17.3 Å². The summed E-state index contributed by atoms with van der Waals surface area (Å²) in [5, 5.41) is 7.61. The summed E-state index contributed by atoms with van der Waals surface area (Å²) in [5.41, 5.74) is 0.209. The number of aryl methyl sites for hydroxylation is 1. The highest BCUT2D eigenvalue weighted by Crippen LogP contribution is 2.19. The lowest BCUT2D eigenvalue weighted by Gasteiger charge is -1.94. The van der Waals surface area contributed by atoms with Crippen LogP contribution < -0.4 is 0 Å². The van der Waals surface area contributed by atoms with Gasteiger partial charge >= 0.3 is 0 Å². The third kappa shape index (κ3) is 2.07. The second-order valence-corrected chi connectivity index (χ2v) is 2.99. The molecule has 15 heavy (non-hydrogen) atoms. The van der Waals surface area contributed by atoms with Crippen molar-refractivity contribution in [3.8, 4) is 0 Å². The van der Waals surface area contributed by atoms with Crippen molar-refractivity contribution in [1.29, 1.82) is 0 Å². The first-order chi connectivity index (χ1) is 7.27. The van der Waals surface area contributed by atoms with Crippen molar-refractivity contribution in [2.45, 2.75) is 0 Å². The fourth-order valence-corrected chi connectivity index (χ4v) is 1.09. The van der Waals surface area contributed by atoms with Crippen LogP contribution in [0.5, 0.6) is 0 Å². The first-order valence-electron chi connectivity index (χ1n) is 4.41. The minimum Gasteiger partial charge on any atom is -0.317 e. The molecule has 4 nitrogen and oxygen atoms in total. The van der Waals surface area contributed by atoms with E-state index in [0.717, 1.165) is 0 Å². The van der Waals surface area contributed by atoms with Gasteiger partial charge < -0.3 is 4.57 Å². The summed E-state index contributed by atoms with van der Waals surface area (Å²) in [6.45, 7) is 0. The molecule has 0 N–H and O–H groups in total. The van der Waals surface area contributed by atoms with Gasteiger partial charge in [-0.2, -0.15) is 0 Å². The Labute approximate surface area is 86.1 Å². The summed E-state index contributed by atoms with van der Waals surface area (Å²) in [5.74, 6) is 0.0497. The number of benzene rings is 1. The van der Waals surface area contributed by atoms with Crippen LogP contribution >= 0.6 is 0 Å². The van der Waals surface area contributed by atoms with E-state index in [1.807, 2.05) is 0 Å². The van der Waals surface area contributed by atoms with Gasteiger partial charge in [0, 0.05) is 19.4 Å². The Balaban J connectivity index is 2.26. The highest BCUT2D eigenvalue weighted by Gasteiger charge is 1.99. The lowest BCUT2D eigenvalue weighted by atomic mass is 10.3. The molecule has 76 valence electrons. The second-order valence-electron chi connectivity index (χ2n) is 2.99. The zero-order chi connectivity index (χ0) is 10.7. The molecule has 1 aromatic heterocycles. The fraction of sp³-hybridized carbons (Fsp3) is 0.100. The predicted octanol–water partition coefficient (Wildman–Crippen LogP) is 2.97. The topological polar surface area (TPSA) is 42.5 Å². The van der Waals surface area contributed by atoms with Crippen LogP contribution in [0.15, 0.2) is 46.9 Å². The van der Waals surface area contributed by atoms with Crippen molar-refractivity contribution < 1.29 is 4.39 Å². The molecule has 0 unspecified atom stereocenters. The number of nitrogens with zero attached hydrogens (tertiary/aromatic N) is 4.